The molecule has 1 aliphatic rings. The maximum absolute atomic E-state index is 12.5. The Kier molecular flexibility index (Phi) is 4.70. The van der Waals surface area contributed by atoms with Gasteiger partial charge in [-0.2, -0.15) is 0 Å². The summed E-state index contributed by atoms with van der Waals surface area (Å²) in [7, 11) is 0. The summed E-state index contributed by atoms with van der Waals surface area (Å²) in [5.41, 5.74) is 3.61. The summed E-state index contributed by atoms with van der Waals surface area (Å²) in [6, 6.07) is 1.68. The first kappa shape index (κ1) is 13.8. The van der Waals surface area contributed by atoms with E-state index in [2.05, 4.69) is 10.4 Å². The predicted molar refractivity (Wildman–Crippen MR) is 72.6 cm³/mol. The molecule has 0 bridgehead atoms. The van der Waals surface area contributed by atoms with Crippen molar-refractivity contribution in [2.75, 3.05) is 25.1 Å². The lowest BCUT2D eigenvalue weighted by Gasteiger charge is -2.32. The molecule has 1 unspecified atom stereocenters. The van der Waals surface area contributed by atoms with Crippen LogP contribution in [0.1, 0.15) is 30.1 Å². The van der Waals surface area contributed by atoms with Gasteiger partial charge in [0.2, 0.25) is 0 Å². The van der Waals surface area contributed by atoms with Crippen LogP contribution in [0, 0.1) is 0 Å². The summed E-state index contributed by atoms with van der Waals surface area (Å²) in [5, 5.41) is 0. The topological polar surface area (TPSA) is 80.5 Å². The Labute approximate surface area is 112 Å². The van der Waals surface area contributed by atoms with E-state index in [1.165, 1.54) is 0 Å². The van der Waals surface area contributed by atoms with Gasteiger partial charge in [0, 0.05) is 25.9 Å². The molecule has 104 valence electrons. The van der Waals surface area contributed by atoms with Crippen LogP contribution in [-0.2, 0) is 4.74 Å². The molecular weight excluding hydrogens is 244 g/mol. The van der Waals surface area contributed by atoms with Gasteiger partial charge in [-0.05, 0) is 25.8 Å². The van der Waals surface area contributed by atoms with Gasteiger partial charge in [-0.25, -0.2) is 0 Å². The van der Waals surface area contributed by atoms with Crippen LogP contribution >= 0.6 is 0 Å². The van der Waals surface area contributed by atoms with Crippen LogP contribution in [0.2, 0.25) is 0 Å². The van der Waals surface area contributed by atoms with Crippen LogP contribution in [0.4, 0.5) is 5.69 Å². The largest absolute Gasteiger partial charge is 0.377 e. The number of pyridine rings is 1. The molecule has 1 aromatic heterocycles. The van der Waals surface area contributed by atoms with Gasteiger partial charge in [-0.3, -0.25) is 15.6 Å². The fourth-order valence-corrected chi connectivity index (χ4v) is 2.36. The second-order valence-electron chi connectivity index (χ2n) is 4.54. The molecule has 0 aliphatic carbocycles. The van der Waals surface area contributed by atoms with Crippen LogP contribution in [0.5, 0.6) is 0 Å². The fourth-order valence-electron chi connectivity index (χ4n) is 2.36. The molecule has 1 fully saturated rings. The number of piperidine rings is 1. The molecule has 3 N–H and O–H groups in total. The summed E-state index contributed by atoms with van der Waals surface area (Å²) in [6.07, 6.45) is 5.26. The van der Waals surface area contributed by atoms with Gasteiger partial charge in [0.25, 0.3) is 5.91 Å². The Morgan fingerprint density at radius 3 is 3.26 bits per heavy atom. The lowest BCUT2D eigenvalue weighted by molar-refractivity contribution is 0.00727. The molecule has 0 radical (unpaired) electrons. The monoisotopic (exact) mass is 264 g/mol. The molecular formula is C13H20N4O2. The zero-order chi connectivity index (χ0) is 13.7. The summed E-state index contributed by atoms with van der Waals surface area (Å²) in [5.74, 6) is 5.38. The molecule has 1 aromatic rings. The summed E-state index contributed by atoms with van der Waals surface area (Å²) < 4.78 is 5.61. The Morgan fingerprint density at radius 2 is 2.53 bits per heavy atom. The van der Waals surface area contributed by atoms with Gasteiger partial charge < -0.3 is 15.1 Å². The molecule has 6 heteroatoms. The number of hydrogen-bond acceptors (Lipinski definition) is 5. The number of rotatable bonds is 4. The lowest BCUT2D eigenvalue weighted by Crippen LogP contribution is -2.43. The van der Waals surface area contributed by atoms with E-state index in [1.807, 2.05) is 11.8 Å². The molecule has 2 heterocycles. The molecule has 19 heavy (non-hydrogen) atoms. The minimum Gasteiger partial charge on any atom is -0.377 e. The van der Waals surface area contributed by atoms with Crippen molar-refractivity contribution in [1.82, 2.24) is 9.88 Å². The van der Waals surface area contributed by atoms with Crippen molar-refractivity contribution >= 4 is 11.6 Å². The number of nitrogens with one attached hydrogen (secondary N) is 1. The zero-order valence-electron chi connectivity index (χ0n) is 11.1. The molecule has 1 saturated heterocycles. The fraction of sp³-hybridized carbons (Fsp3) is 0.538. The number of amides is 1. The highest BCUT2D eigenvalue weighted by Gasteiger charge is 2.25. The van der Waals surface area contributed by atoms with Crippen molar-refractivity contribution in [2.24, 2.45) is 5.84 Å². The number of hydrogen-bond donors (Lipinski definition) is 2. The van der Waals surface area contributed by atoms with Gasteiger partial charge in [0.05, 0.1) is 23.6 Å². The molecule has 0 spiro atoms. The standard InChI is InChI=1S/C13H20N4O2/c1-2-19-10-4-3-7-17(9-10)13(18)11-5-6-15-8-12(11)16-14/h5-6,8,10,16H,2-4,7,9,14H2,1H3. The summed E-state index contributed by atoms with van der Waals surface area (Å²) >= 11 is 0. The second kappa shape index (κ2) is 6.49. The van der Waals surface area contributed by atoms with Gasteiger partial charge in [0.15, 0.2) is 0 Å². The number of aromatic nitrogens is 1. The summed E-state index contributed by atoms with van der Waals surface area (Å²) in [6.45, 7) is 4.05. The third kappa shape index (κ3) is 3.21. The third-order valence-corrected chi connectivity index (χ3v) is 3.27. The van der Waals surface area contributed by atoms with Gasteiger partial charge >= 0.3 is 0 Å². The van der Waals surface area contributed by atoms with Crippen LogP contribution in [0.3, 0.4) is 0 Å². The van der Waals surface area contributed by atoms with E-state index < -0.39 is 0 Å². The Morgan fingerprint density at radius 1 is 1.68 bits per heavy atom. The van der Waals surface area contributed by atoms with Crippen molar-refractivity contribution in [3.8, 4) is 0 Å². The first-order valence-corrected chi connectivity index (χ1v) is 6.57. The number of anilines is 1. The number of nitrogens with zero attached hydrogens (tertiary/aromatic N) is 2. The number of nitrogen functional groups attached to an aromatic ring is 1. The average molecular weight is 264 g/mol. The molecule has 0 aromatic carbocycles. The molecule has 2 rings (SSSR count). The predicted octanol–water partition coefficient (Wildman–Crippen LogP) is 1.01. The maximum atomic E-state index is 12.5. The van der Waals surface area contributed by atoms with Crippen LogP contribution in [0.15, 0.2) is 18.5 Å². The number of carbonyl (C=O) groups excluding carboxylic acids is 1. The number of hydrazine groups is 1. The van der Waals surface area contributed by atoms with Crippen LogP contribution in [0.25, 0.3) is 0 Å². The Balaban J connectivity index is 2.10. The highest BCUT2D eigenvalue weighted by atomic mass is 16.5. The number of ether oxygens (including phenoxy) is 1. The van der Waals surface area contributed by atoms with Crippen molar-refractivity contribution in [2.45, 2.75) is 25.9 Å². The lowest BCUT2D eigenvalue weighted by atomic mass is 10.1. The first-order chi connectivity index (χ1) is 9.26. The second-order valence-corrected chi connectivity index (χ2v) is 4.54. The normalized spacial score (nSPS) is 19.3. The van der Waals surface area contributed by atoms with E-state index in [0.29, 0.717) is 24.4 Å². The van der Waals surface area contributed by atoms with E-state index in [1.54, 1.807) is 18.5 Å². The van der Waals surface area contributed by atoms with Gasteiger partial charge in [-0.15, -0.1) is 0 Å². The molecule has 6 nitrogen and oxygen atoms in total. The molecule has 1 amide bonds. The quantitative estimate of drug-likeness (QED) is 0.626. The number of carbonyl (C=O) groups is 1. The van der Waals surface area contributed by atoms with Gasteiger partial charge in [0.1, 0.15) is 0 Å². The van der Waals surface area contributed by atoms with Gasteiger partial charge in [-0.1, -0.05) is 0 Å². The average Bonchev–Trinajstić information content (AvgIpc) is 2.47. The van der Waals surface area contributed by atoms with E-state index >= 15 is 0 Å². The maximum Gasteiger partial charge on any atom is 0.256 e. The third-order valence-electron chi connectivity index (χ3n) is 3.27. The first-order valence-electron chi connectivity index (χ1n) is 6.57. The zero-order valence-corrected chi connectivity index (χ0v) is 11.1. The van der Waals surface area contributed by atoms with E-state index in [0.717, 1.165) is 19.4 Å². The Hall–Kier alpha value is -1.66. The van der Waals surface area contributed by atoms with E-state index in [4.69, 9.17) is 10.6 Å². The van der Waals surface area contributed by atoms with Crippen molar-refractivity contribution in [3.05, 3.63) is 24.0 Å². The number of nitrogens with two attached hydrogens (primary N) is 1. The highest BCUT2D eigenvalue weighted by molar-refractivity contribution is 5.99. The SMILES string of the molecule is CCOC1CCCN(C(=O)c2ccncc2NN)C1. The molecule has 1 aliphatic heterocycles. The summed E-state index contributed by atoms with van der Waals surface area (Å²) in [4.78, 5) is 18.2. The molecule has 0 saturated carbocycles. The van der Waals surface area contributed by atoms with Crippen LogP contribution in [-0.4, -0.2) is 41.6 Å². The van der Waals surface area contributed by atoms with E-state index in [9.17, 15) is 4.79 Å². The smallest absolute Gasteiger partial charge is 0.256 e. The highest BCUT2D eigenvalue weighted by Crippen LogP contribution is 2.19. The Bertz CT molecular complexity index is 436. The van der Waals surface area contributed by atoms with Crippen LogP contribution < -0.4 is 11.3 Å². The minimum atomic E-state index is -0.0280. The van der Waals surface area contributed by atoms with Crippen molar-refractivity contribution < 1.29 is 9.53 Å². The number of likely N-dealkylation sites (tertiary alicyclic amines) is 1. The molecule has 1 atom stereocenters. The minimum absolute atomic E-state index is 0.0280. The van der Waals surface area contributed by atoms with Crippen molar-refractivity contribution in [1.29, 1.82) is 0 Å². The van der Waals surface area contributed by atoms with Crippen molar-refractivity contribution in [3.63, 3.8) is 0 Å². The van der Waals surface area contributed by atoms with E-state index in [-0.39, 0.29) is 12.0 Å².